The SMILES string of the molecule is Cc1ccc2cc(C(=O)CCC(=O)Nc3ccccc3C)ccc2c1. The van der Waals surface area contributed by atoms with Crippen molar-refractivity contribution in [2.45, 2.75) is 26.7 Å². The van der Waals surface area contributed by atoms with E-state index in [0.717, 1.165) is 22.0 Å². The number of benzene rings is 3. The van der Waals surface area contributed by atoms with Gasteiger partial charge in [0, 0.05) is 24.1 Å². The van der Waals surface area contributed by atoms with Gasteiger partial charge in [-0.05, 0) is 42.3 Å². The molecule has 3 nitrogen and oxygen atoms in total. The Balaban J connectivity index is 1.63. The number of hydrogen-bond donors (Lipinski definition) is 1. The molecule has 0 radical (unpaired) electrons. The fraction of sp³-hybridized carbons (Fsp3) is 0.182. The minimum atomic E-state index is -0.140. The van der Waals surface area contributed by atoms with Gasteiger partial charge in [-0.15, -0.1) is 0 Å². The maximum absolute atomic E-state index is 12.4. The number of aryl methyl sites for hydroxylation is 2. The molecule has 3 aromatic rings. The molecule has 3 heteroatoms. The Hall–Kier alpha value is -2.94. The van der Waals surface area contributed by atoms with Crippen LogP contribution in [0, 0.1) is 13.8 Å². The average Bonchev–Trinajstić information content (AvgIpc) is 2.61. The van der Waals surface area contributed by atoms with Crippen molar-refractivity contribution < 1.29 is 9.59 Å². The lowest BCUT2D eigenvalue weighted by Gasteiger charge is -2.08. The second-order valence-electron chi connectivity index (χ2n) is 6.35. The van der Waals surface area contributed by atoms with Crippen LogP contribution in [-0.2, 0) is 4.79 Å². The fourth-order valence-electron chi connectivity index (χ4n) is 2.84. The van der Waals surface area contributed by atoms with Gasteiger partial charge in [0.1, 0.15) is 0 Å². The molecule has 0 saturated heterocycles. The quantitative estimate of drug-likeness (QED) is 0.664. The van der Waals surface area contributed by atoms with Gasteiger partial charge in [0.15, 0.2) is 5.78 Å². The van der Waals surface area contributed by atoms with Gasteiger partial charge in [-0.25, -0.2) is 0 Å². The summed E-state index contributed by atoms with van der Waals surface area (Å²) >= 11 is 0. The molecule has 0 spiro atoms. The number of hydrogen-bond acceptors (Lipinski definition) is 2. The first-order chi connectivity index (χ1) is 12.0. The van der Waals surface area contributed by atoms with E-state index in [-0.39, 0.29) is 24.5 Å². The Labute approximate surface area is 147 Å². The molecular weight excluding hydrogens is 310 g/mol. The molecular formula is C22H21NO2. The number of rotatable bonds is 5. The summed E-state index contributed by atoms with van der Waals surface area (Å²) < 4.78 is 0. The molecule has 0 heterocycles. The Morgan fingerprint density at radius 2 is 1.56 bits per heavy atom. The third-order valence-corrected chi connectivity index (χ3v) is 4.32. The van der Waals surface area contributed by atoms with Crippen LogP contribution in [0.25, 0.3) is 10.8 Å². The van der Waals surface area contributed by atoms with Crippen LogP contribution in [0.4, 0.5) is 5.69 Å². The maximum Gasteiger partial charge on any atom is 0.224 e. The van der Waals surface area contributed by atoms with E-state index in [0.29, 0.717) is 5.56 Å². The first-order valence-corrected chi connectivity index (χ1v) is 8.42. The van der Waals surface area contributed by atoms with E-state index in [1.165, 1.54) is 5.56 Å². The summed E-state index contributed by atoms with van der Waals surface area (Å²) in [6.07, 6.45) is 0.383. The summed E-state index contributed by atoms with van der Waals surface area (Å²) in [5.74, 6) is -0.151. The molecule has 0 unspecified atom stereocenters. The molecule has 0 aliphatic carbocycles. The number of anilines is 1. The predicted molar refractivity (Wildman–Crippen MR) is 102 cm³/mol. The highest BCUT2D eigenvalue weighted by atomic mass is 16.2. The molecule has 0 atom stereocenters. The van der Waals surface area contributed by atoms with Crippen LogP contribution < -0.4 is 5.32 Å². The van der Waals surface area contributed by atoms with E-state index in [4.69, 9.17) is 0 Å². The van der Waals surface area contributed by atoms with Crippen LogP contribution in [0.3, 0.4) is 0 Å². The maximum atomic E-state index is 12.4. The molecule has 0 aromatic heterocycles. The highest BCUT2D eigenvalue weighted by molar-refractivity contribution is 6.02. The van der Waals surface area contributed by atoms with Crippen LogP contribution in [-0.4, -0.2) is 11.7 Å². The van der Waals surface area contributed by atoms with Crippen molar-refractivity contribution in [1.82, 2.24) is 0 Å². The van der Waals surface area contributed by atoms with Crippen molar-refractivity contribution >= 4 is 28.2 Å². The third-order valence-electron chi connectivity index (χ3n) is 4.32. The van der Waals surface area contributed by atoms with Gasteiger partial charge in [0.05, 0.1) is 0 Å². The molecule has 1 amide bonds. The number of para-hydroxylation sites is 1. The molecule has 126 valence electrons. The van der Waals surface area contributed by atoms with Crippen LogP contribution in [0.2, 0.25) is 0 Å². The summed E-state index contributed by atoms with van der Waals surface area (Å²) in [5.41, 5.74) is 3.65. The molecule has 3 aromatic carbocycles. The summed E-state index contributed by atoms with van der Waals surface area (Å²) in [7, 11) is 0. The summed E-state index contributed by atoms with van der Waals surface area (Å²) in [5, 5.41) is 5.02. The largest absolute Gasteiger partial charge is 0.326 e. The molecule has 0 saturated carbocycles. The zero-order valence-electron chi connectivity index (χ0n) is 14.5. The van der Waals surface area contributed by atoms with E-state index in [9.17, 15) is 9.59 Å². The monoisotopic (exact) mass is 331 g/mol. The van der Waals surface area contributed by atoms with E-state index < -0.39 is 0 Å². The first-order valence-electron chi connectivity index (χ1n) is 8.42. The number of carbonyl (C=O) groups is 2. The normalized spacial score (nSPS) is 10.6. The lowest BCUT2D eigenvalue weighted by atomic mass is 10.0. The van der Waals surface area contributed by atoms with E-state index in [2.05, 4.69) is 11.4 Å². The van der Waals surface area contributed by atoms with Gasteiger partial charge in [-0.1, -0.05) is 54.1 Å². The summed E-state index contributed by atoms with van der Waals surface area (Å²) in [6.45, 7) is 3.99. The van der Waals surface area contributed by atoms with Crippen molar-refractivity contribution in [2.24, 2.45) is 0 Å². The summed E-state index contributed by atoms with van der Waals surface area (Å²) in [6, 6.07) is 19.5. The van der Waals surface area contributed by atoms with Crippen molar-refractivity contribution in [2.75, 3.05) is 5.32 Å². The topological polar surface area (TPSA) is 46.2 Å². The second-order valence-corrected chi connectivity index (χ2v) is 6.35. The zero-order valence-corrected chi connectivity index (χ0v) is 14.5. The average molecular weight is 331 g/mol. The molecule has 0 fully saturated rings. The predicted octanol–water partition coefficient (Wildman–Crippen LogP) is 5.06. The van der Waals surface area contributed by atoms with Crippen molar-refractivity contribution in [3.05, 3.63) is 77.4 Å². The lowest BCUT2D eigenvalue weighted by molar-refractivity contribution is -0.116. The minimum Gasteiger partial charge on any atom is -0.326 e. The van der Waals surface area contributed by atoms with E-state index in [1.54, 1.807) is 0 Å². The Morgan fingerprint density at radius 1 is 0.840 bits per heavy atom. The number of Topliss-reactive ketones (excluding diaryl/α,β-unsaturated/α-hetero) is 1. The lowest BCUT2D eigenvalue weighted by Crippen LogP contribution is -2.14. The van der Waals surface area contributed by atoms with Crippen LogP contribution in [0.15, 0.2) is 60.7 Å². The van der Waals surface area contributed by atoms with Crippen LogP contribution in [0.1, 0.15) is 34.3 Å². The van der Waals surface area contributed by atoms with Gasteiger partial charge in [0.25, 0.3) is 0 Å². The third kappa shape index (κ3) is 4.13. The molecule has 3 rings (SSSR count). The number of carbonyl (C=O) groups excluding carboxylic acids is 2. The standard InChI is InChI=1S/C22H21NO2/c1-15-7-8-18-14-19(10-9-17(18)13-15)21(24)11-12-22(25)23-20-6-4-3-5-16(20)2/h3-10,13-14H,11-12H2,1-2H3,(H,23,25). The molecule has 0 aliphatic rings. The molecule has 0 bridgehead atoms. The Bertz CT molecular complexity index is 944. The van der Waals surface area contributed by atoms with Gasteiger partial charge in [-0.3, -0.25) is 9.59 Å². The fourth-order valence-corrected chi connectivity index (χ4v) is 2.84. The van der Waals surface area contributed by atoms with E-state index in [1.807, 2.05) is 68.4 Å². The van der Waals surface area contributed by atoms with Crippen molar-refractivity contribution in [3.8, 4) is 0 Å². The van der Waals surface area contributed by atoms with Crippen molar-refractivity contribution in [1.29, 1.82) is 0 Å². The van der Waals surface area contributed by atoms with Gasteiger partial charge in [-0.2, -0.15) is 0 Å². The van der Waals surface area contributed by atoms with Crippen LogP contribution >= 0.6 is 0 Å². The summed E-state index contributed by atoms with van der Waals surface area (Å²) in [4.78, 5) is 24.5. The van der Waals surface area contributed by atoms with Gasteiger partial charge in [0.2, 0.25) is 5.91 Å². The van der Waals surface area contributed by atoms with Gasteiger partial charge >= 0.3 is 0 Å². The zero-order chi connectivity index (χ0) is 17.8. The second kappa shape index (κ2) is 7.31. The smallest absolute Gasteiger partial charge is 0.224 e. The highest BCUT2D eigenvalue weighted by Crippen LogP contribution is 2.19. The highest BCUT2D eigenvalue weighted by Gasteiger charge is 2.11. The number of ketones is 1. The van der Waals surface area contributed by atoms with E-state index >= 15 is 0 Å². The Morgan fingerprint density at radius 3 is 2.36 bits per heavy atom. The number of amides is 1. The molecule has 1 N–H and O–H groups in total. The van der Waals surface area contributed by atoms with Gasteiger partial charge < -0.3 is 5.32 Å². The van der Waals surface area contributed by atoms with Crippen LogP contribution in [0.5, 0.6) is 0 Å². The first kappa shape index (κ1) is 16.9. The van der Waals surface area contributed by atoms with Crippen molar-refractivity contribution in [3.63, 3.8) is 0 Å². The minimum absolute atomic E-state index is 0.0117. The number of nitrogens with one attached hydrogen (secondary N) is 1. The number of fused-ring (bicyclic) bond motifs is 1. The molecule has 0 aliphatic heterocycles. The molecule has 25 heavy (non-hydrogen) atoms. The Kier molecular flexibility index (Phi) is 4.94.